The van der Waals surface area contributed by atoms with Crippen molar-refractivity contribution in [3.8, 4) is 11.5 Å². The fourth-order valence-electron chi connectivity index (χ4n) is 4.76. The number of nitrogens with one attached hydrogen (secondary N) is 1. The highest BCUT2D eigenvalue weighted by molar-refractivity contribution is 5.99. The van der Waals surface area contributed by atoms with Gasteiger partial charge in [0.05, 0.1) is 6.54 Å². The Balaban J connectivity index is 1.56. The van der Waals surface area contributed by atoms with Crippen LogP contribution in [0.4, 0.5) is 4.79 Å². The van der Waals surface area contributed by atoms with Crippen molar-refractivity contribution in [2.24, 2.45) is 0 Å². The van der Waals surface area contributed by atoms with Crippen LogP contribution in [-0.2, 0) is 11.3 Å². The first-order valence-electron chi connectivity index (χ1n) is 14.5. The van der Waals surface area contributed by atoms with Gasteiger partial charge in [0.2, 0.25) is 0 Å². The van der Waals surface area contributed by atoms with E-state index in [9.17, 15) is 4.79 Å². The van der Waals surface area contributed by atoms with E-state index in [-0.39, 0.29) is 0 Å². The van der Waals surface area contributed by atoms with Crippen molar-refractivity contribution in [1.29, 1.82) is 0 Å². The van der Waals surface area contributed by atoms with Gasteiger partial charge in [-0.05, 0) is 97.3 Å². The quantitative estimate of drug-likeness (QED) is 0.146. The largest absolute Gasteiger partial charge is 0.492 e. The molecule has 0 bridgehead atoms. The SMILES string of the molecule is CC/C(=C(/c1ccc(OCCNC(=O)OC(C)(C)C)cc1)c1ccc(OCc2ccccc2)cc1C)c1ccccc1. The Morgan fingerprint density at radius 1 is 0.762 bits per heavy atom. The summed E-state index contributed by atoms with van der Waals surface area (Å²) in [5, 5.41) is 2.73. The second kappa shape index (κ2) is 14.4. The predicted octanol–water partition coefficient (Wildman–Crippen LogP) is 8.85. The van der Waals surface area contributed by atoms with Gasteiger partial charge in [-0.15, -0.1) is 0 Å². The van der Waals surface area contributed by atoms with Gasteiger partial charge in [-0.25, -0.2) is 4.79 Å². The van der Waals surface area contributed by atoms with E-state index in [1.54, 1.807) is 0 Å². The Morgan fingerprint density at radius 2 is 1.40 bits per heavy atom. The van der Waals surface area contributed by atoms with Crippen LogP contribution < -0.4 is 14.8 Å². The third kappa shape index (κ3) is 8.74. The highest BCUT2D eigenvalue weighted by atomic mass is 16.6. The lowest BCUT2D eigenvalue weighted by Gasteiger charge is -2.20. The highest BCUT2D eigenvalue weighted by Gasteiger charge is 2.17. The summed E-state index contributed by atoms with van der Waals surface area (Å²) in [5.41, 5.74) is 7.69. The third-order valence-electron chi connectivity index (χ3n) is 6.68. The van der Waals surface area contributed by atoms with Crippen molar-refractivity contribution in [3.05, 3.63) is 131 Å². The van der Waals surface area contributed by atoms with Gasteiger partial charge in [0.25, 0.3) is 0 Å². The maximum absolute atomic E-state index is 11.9. The first kappa shape index (κ1) is 30.4. The van der Waals surface area contributed by atoms with Crippen molar-refractivity contribution in [1.82, 2.24) is 5.32 Å². The van der Waals surface area contributed by atoms with Gasteiger partial charge >= 0.3 is 6.09 Å². The fraction of sp³-hybridized carbons (Fsp3) is 0.270. The number of ether oxygens (including phenoxy) is 3. The Kier molecular flexibility index (Phi) is 10.4. The summed E-state index contributed by atoms with van der Waals surface area (Å²) in [7, 11) is 0. The maximum atomic E-state index is 11.9. The second-order valence-electron chi connectivity index (χ2n) is 11.1. The molecule has 42 heavy (non-hydrogen) atoms. The van der Waals surface area contributed by atoms with Crippen molar-refractivity contribution >= 4 is 17.2 Å². The van der Waals surface area contributed by atoms with Crippen molar-refractivity contribution in [2.45, 2.75) is 53.2 Å². The van der Waals surface area contributed by atoms with Crippen LogP contribution >= 0.6 is 0 Å². The molecule has 0 unspecified atom stereocenters. The molecule has 0 spiro atoms. The van der Waals surface area contributed by atoms with Gasteiger partial charge in [0.15, 0.2) is 0 Å². The van der Waals surface area contributed by atoms with Gasteiger partial charge < -0.3 is 19.5 Å². The van der Waals surface area contributed by atoms with Crippen LogP contribution in [0, 0.1) is 6.92 Å². The zero-order valence-electron chi connectivity index (χ0n) is 25.3. The molecule has 0 aliphatic heterocycles. The molecular formula is C37H41NO4. The van der Waals surface area contributed by atoms with Crippen LogP contribution in [0.3, 0.4) is 0 Å². The van der Waals surface area contributed by atoms with E-state index < -0.39 is 11.7 Å². The molecule has 1 N–H and O–H groups in total. The van der Waals surface area contributed by atoms with Crippen molar-refractivity contribution < 1.29 is 19.0 Å². The number of allylic oxidation sites excluding steroid dienone is 1. The van der Waals surface area contributed by atoms with E-state index in [1.165, 1.54) is 16.7 Å². The van der Waals surface area contributed by atoms with E-state index in [4.69, 9.17) is 14.2 Å². The van der Waals surface area contributed by atoms with E-state index in [0.29, 0.717) is 19.8 Å². The third-order valence-corrected chi connectivity index (χ3v) is 6.68. The molecule has 5 heteroatoms. The average molecular weight is 564 g/mol. The Morgan fingerprint density at radius 3 is 2.02 bits per heavy atom. The average Bonchev–Trinajstić information content (AvgIpc) is 2.98. The van der Waals surface area contributed by atoms with E-state index in [1.807, 2.05) is 57.2 Å². The Labute approximate surface area is 250 Å². The number of carbonyl (C=O) groups is 1. The molecule has 0 fully saturated rings. The summed E-state index contributed by atoms with van der Waals surface area (Å²) in [4.78, 5) is 11.9. The number of hydrogen-bond donors (Lipinski definition) is 1. The van der Waals surface area contributed by atoms with Crippen molar-refractivity contribution in [2.75, 3.05) is 13.2 Å². The normalized spacial score (nSPS) is 11.8. The number of amides is 1. The van der Waals surface area contributed by atoms with E-state index in [2.05, 4.69) is 85.9 Å². The van der Waals surface area contributed by atoms with Gasteiger partial charge in [-0.3, -0.25) is 0 Å². The van der Waals surface area contributed by atoms with Crippen LogP contribution in [-0.4, -0.2) is 24.8 Å². The zero-order chi connectivity index (χ0) is 30.0. The lowest BCUT2D eigenvalue weighted by atomic mass is 9.86. The minimum atomic E-state index is -0.531. The number of aryl methyl sites for hydroxylation is 1. The molecule has 0 aliphatic rings. The lowest BCUT2D eigenvalue weighted by molar-refractivity contribution is 0.0520. The molecule has 4 rings (SSSR count). The summed E-state index contributed by atoms with van der Waals surface area (Å²) in [5.74, 6) is 1.59. The smallest absolute Gasteiger partial charge is 0.407 e. The number of rotatable bonds is 11. The second-order valence-corrected chi connectivity index (χ2v) is 11.1. The molecule has 5 nitrogen and oxygen atoms in total. The first-order chi connectivity index (χ1) is 20.2. The molecule has 0 saturated heterocycles. The lowest BCUT2D eigenvalue weighted by Crippen LogP contribution is -2.34. The number of hydrogen-bond acceptors (Lipinski definition) is 4. The van der Waals surface area contributed by atoms with Crippen LogP contribution in [0.5, 0.6) is 11.5 Å². The van der Waals surface area contributed by atoms with Gasteiger partial charge in [0, 0.05) is 0 Å². The molecule has 218 valence electrons. The minimum Gasteiger partial charge on any atom is -0.492 e. The van der Waals surface area contributed by atoms with Crippen LogP contribution in [0.15, 0.2) is 103 Å². The monoisotopic (exact) mass is 563 g/mol. The molecule has 0 radical (unpaired) electrons. The summed E-state index contributed by atoms with van der Waals surface area (Å²) in [6.07, 6.45) is 0.427. The predicted molar refractivity (Wildman–Crippen MR) is 171 cm³/mol. The van der Waals surface area contributed by atoms with Crippen LogP contribution in [0.1, 0.15) is 61.9 Å². The molecule has 4 aromatic carbocycles. The number of carbonyl (C=O) groups excluding carboxylic acids is 1. The summed E-state index contributed by atoms with van der Waals surface area (Å²) < 4.78 is 17.3. The summed E-state index contributed by atoms with van der Waals surface area (Å²) in [6, 6.07) is 35.2. The standard InChI is InChI=1S/C37H41NO4/c1-6-33(29-15-11-8-12-16-29)35(34-22-21-32(25-27(34)2)41-26-28-13-9-7-10-14-28)30-17-19-31(20-18-30)40-24-23-38-36(39)42-37(3,4)5/h7-22,25H,6,23-24,26H2,1-5H3,(H,38,39)/b35-33+. The molecule has 1 amide bonds. The van der Waals surface area contributed by atoms with Crippen LogP contribution in [0.2, 0.25) is 0 Å². The molecule has 0 saturated carbocycles. The Bertz CT molecular complexity index is 1470. The molecule has 0 heterocycles. The summed E-state index contributed by atoms with van der Waals surface area (Å²) in [6.45, 7) is 11.1. The molecule has 0 aromatic heterocycles. The summed E-state index contributed by atoms with van der Waals surface area (Å²) >= 11 is 0. The van der Waals surface area contributed by atoms with Crippen LogP contribution in [0.25, 0.3) is 11.1 Å². The number of alkyl carbamates (subject to hydrolysis) is 1. The maximum Gasteiger partial charge on any atom is 0.407 e. The van der Waals surface area contributed by atoms with E-state index >= 15 is 0 Å². The number of benzene rings is 4. The Hall–Kier alpha value is -4.51. The molecule has 0 atom stereocenters. The molecular weight excluding hydrogens is 522 g/mol. The zero-order valence-corrected chi connectivity index (χ0v) is 25.3. The topological polar surface area (TPSA) is 56.8 Å². The van der Waals surface area contributed by atoms with Gasteiger partial charge in [-0.1, -0.05) is 85.8 Å². The molecule has 0 aliphatic carbocycles. The van der Waals surface area contributed by atoms with Gasteiger partial charge in [0.1, 0.15) is 30.3 Å². The minimum absolute atomic E-state index is 0.342. The van der Waals surface area contributed by atoms with Gasteiger partial charge in [-0.2, -0.15) is 0 Å². The fourth-order valence-corrected chi connectivity index (χ4v) is 4.76. The van der Waals surface area contributed by atoms with E-state index in [0.717, 1.165) is 40.2 Å². The molecule has 4 aromatic rings. The highest BCUT2D eigenvalue weighted by Crippen LogP contribution is 2.37. The first-order valence-corrected chi connectivity index (χ1v) is 14.5. The van der Waals surface area contributed by atoms with Crippen molar-refractivity contribution in [3.63, 3.8) is 0 Å².